The number of nitrogens with two attached hydrogens (primary N) is 1. The van der Waals surface area contributed by atoms with Crippen molar-refractivity contribution < 1.29 is 9.90 Å². The molecule has 0 fully saturated rings. The van der Waals surface area contributed by atoms with Crippen molar-refractivity contribution in [2.24, 2.45) is 0 Å². The molecule has 22 heavy (non-hydrogen) atoms. The lowest BCUT2D eigenvalue weighted by molar-refractivity contribution is 0.0917. The summed E-state index contributed by atoms with van der Waals surface area (Å²) in [5.41, 5.74) is 8.31. The monoisotopic (exact) mass is 382 g/mol. The molecule has 0 aliphatic carbocycles. The molecule has 1 amide bonds. The number of amides is 1. The maximum atomic E-state index is 12.4. The van der Waals surface area contributed by atoms with Crippen molar-refractivity contribution in [1.82, 2.24) is 5.32 Å². The van der Waals surface area contributed by atoms with Gasteiger partial charge in [-0.25, -0.2) is 0 Å². The van der Waals surface area contributed by atoms with Crippen LogP contribution in [0.5, 0.6) is 0 Å². The lowest BCUT2D eigenvalue weighted by Gasteiger charge is -2.18. The van der Waals surface area contributed by atoms with Crippen LogP contribution in [0.2, 0.25) is 5.02 Å². The maximum absolute atomic E-state index is 12.4. The second-order valence-electron chi connectivity index (χ2n) is 4.90. The first kappa shape index (κ1) is 16.8. The van der Waals surface area contributed by atoms with E-state index in [1.54, 1.807) is 36.4 Å². The quantitative estimate of drug-likeness (QED) is 0.708. The Morgan fingerprint density at radius 1 is 1.41 bits per heavy atom. The second kappa shape index (κ2) is 7.13. The van der Waals surface area contributed by atoms with E-state index >= 15 is 0 Å². The molecule has 1 unspecified atom stereocenters. The number of nitrogens with one attached hydrogen (secondary N) is 1. The molecule has 0 saturated heterocycles. The Morgan fingerprint density at radius 3 is 2.77 bits per heavy atom. The second-order valence-corrected chi connectivity index (χ2v) is 6.19. The summed E-state index contributed by atoms with van der Waals surface area (Å²) in [6, 6.07) is 9.88. The minimum absolute atomic E-state index is 0.235. The van der Waals surface area contributed by atoms with Crippen LogP contribution in [0.15, 0.2) is 40.9 Å². The molecule has 6 heteroatoms. The zero-order valence-corrected chi connectivity index (χ0v) is 14.3. The van der Waals surface area contributed by atoms with E-state index in [0.29, 0.717) is 16.3 Å². The fraction of sp³-hybridized carbons (Fsp3) is 0.188. The zero-order chi connectivity index (χ0) is 16.3. The molecular weight excluding hydrogens is 368 g/mol. The Kier molecular flexibility index (Phi) is 5.45. The van der Waals surface area contributed by atoms with E-state index in [1.807, 2.05) is 6.92 Å². The molecule has 4 N–H and O–H groups in total. The van der Waals surface area contributed by atoms with Gasteiger partial charge in [-0.15, -0.1) is 0 Å². The van der Waals surface area contributed by atoms with Crippen LogP contribution >= 0.6 is 27.5 Å². The number of nitrogen functional groups attached to an aromatic ring is 1. The van der Waals surface area contributed by atoms with Crippen LogP contribution in [-0.4, -0.2) is 17.6 Å². The van der Waals surface area contributed by atoms with Gasteiger partial charge in [0.1, 0.15) is 0 Å². The lowest BCUT2D eigenvalue weighted by Crippen LogP contribution is -2.31. The Hall–Kier alpha value is -1.56. The number of carbonyl (C=O) groups excluding carboxylic acids is 1. The molecule has 0 aliphatic rings. The van der Waals surface area contributed by atoms with Gasteiger partial charge in [-0.1, -0.05) is 39.7 Å². The summed E-state index contributed by atoms with van der Waals surface area (Å²) in [6.45, 7) is 1.60. The Bertz CT molecular complexity index is 707. The van der Waals surface area contributed by atoms with Gasteiger partial charge in [-0.05, 0) is 42.3 Å². The average Bonchev–Trinajstić information content (AvgIpc) is 2.50. The van der Waals surface area contributed by atoms with Gasteiger partial charge in [0, 0.05) is 15.2 Å². The summed E-state index contributed by atoms with van der Waals surface area (Å²) in [5.74, 6) is -0.341. The number of hydrogen-bond acceptors (Lipinski definition) is 3. The van der Waals surface area contributed by atoms with Crippen LogP contribution in [0.4, 0.5) is 5.69 Å². The van der Waals surface area contributed by atoms with E-state index < -0.39 is 6.04 Å². The lowest BCUT2D eigenvalue weighted by atomic mass is 10.0. The predicted octanol–water partition coefficient (Wildman–Crippen LogP) is 3.46. The highest BCUT2D eigenvalue weighted by Gasteiger charge is 2.18. The minimum atomic E-state index is -0.547. The van der Waals surface area contributed by atoms with Crippen molar-refractivity contribution in [2.75, 3.05) is 12.3 Å². The van der Waals surface area contributed by atoms with E-state index in [-0.39, 0.29) is 12.5 Å². The van der Waals surface area contributed by atoms with Crippen molar-refractivity contribution >= 4 is 39.1 Å². The van der Waals surface area contributed by atoms with E-state index in [1.165, 1.54) is 0 Å². The minimum Gasteiger partial charge on any atom is -0.398 e. The van der Waals surface area contributed by atoms with Gasteiger partial charge >= 0.3 is 0 Å². The van der Waals surface area contributed by atoms with Crippen LogP contribution in [0.3, 0.4) is 0 Å². The van der Waals surface area contributed by atoms with E-state index in [2.05, 4.69) is 21.2 Å². The molecule has 0 radical (unpaired) electrons. The van der Waals surface area contributed by atoms with Crippen LogP contribution in [0.1, 0.15) is 27.5 Å². The van der Waals surface area contributed by atoms with Gasteiger partial charge in [-0.3, -0.25) is 4.79 Å². The van der Waals surface area contributed by atoms with Crippen LogP contribution in [0.25, 0.3) is 0 Å². The van der Waals surface area contributed by atoms with Gasteiger partial charge in [0.05, 0.1) is 18.2 Å². The number of aliphatic hydroxyl groups is 1. The summed E-state index contributed by atoms with van der Waals surface area (Å²) in [7, 11) is 0. The number of rotatable bonds is 4. The highest BCUT2D eigenvalue weighted by atomic mass is 79.9. The molecule has 1 atom stereocenters. The van der Waals surface area contributed by atoms with Crippen molar-refractivity contribution in [1.29, 1.82) is 0 Å². The first-order valence-corrected chi connectivity index (χ1v) is 7.83. The predicted molar refractivity (Wildman–Crippen MR) is 92.0 cm³/mol. The summed E-state index contributed by atoms with van der Waals surface area (Å²) < 4.78 is 0.843. The number of carbonyl (C=O) groups is 1. The van der Waals surface area contributed by atoms with Crippen molar-refractivity contribution in [2.45, 2.75) is 13.0 Å². The highest BCUT2D eigenvalue weighted by Crippen LogP contribution is 2.26. The molecule has 0 aliphatic heterocycles. The van der Waals surface area contributed by atoms with Gasteiger partial charge in [0.25, 0.3) is 5.91 Å². The number of hydrogen-bond donors (Lipinski definition) is 3. The molecule has 2 rings (SSSR count). The topological polar surface area (TPSA) is 75.3 Å². The largest absolute Gasteiger partial charge is 0.398 e. The van der Waals surface area contributed by atoms with Crippen LogP contribution in [0, 0.1) is 6.92 Å². The Balaban J connectivity index is 2.25. The Morgan fingerprint density at radius 2 is 2.14 bits per heavy atom. The summed E-state index contributed by atoms with van der Waals surface area (Å²) in [5, 5.41) is 12.9. The molecule has 0 heterocycles. The molecular formula is C16H16BrClN2O2. The smallest absolute Gasteiger partial charge is 0.253 e. The molecule has 0 saturated carbocycles. The first-order chi connectivity index (χ1) is 10.4. The van der Waals surface area contributed by atoms with E-state index in [4.69, 9.17) is 17.3 Å². The molecule has 0 bridgehead atoms. The van der Waals surface area contributed by atoms with E-state index in [0.717, 1.165) is 15.6 Å². The highest BCUT2D eigenvalue weighted by molar-refractivity contribution is 9.10. The SMILES string of the molecule is Cc1c(Br)ccc(C(=O)NC(CO)c2cccc(Cl)c2)c1N. The van der Waals surface area contributed by atoms with E-state index in [9.17, 15) is 9.90 Å². The van der Waals surface area contributed by atoms with Crippen molar-refractivity contribution in [3.05, 3.63) is 62.6 Å². The van der Waals surface area contributed by atoms with Crippen LogP contribution in [-0.2, 0) is 0 Å². The molecule has 2 aromatic carbocycles. The standard InChI is InChI=1S/C16H16BrClN2O2/c1-9-13(17)6-5-12(15(9)19)16(22)20-14(8-21)10-3-2-4-11(18)7-10/h2-7,14,21H,8,19H2,1H3,(H,20,22). The number of benzene rings is 2. The van der Waals surface area contributed by atoms with Gasteiger partial charge in [0.15, 0.2) is 0 Å². The normalized spacial score (nSPS) is 12.0. The number of aliphatic hydroxyl groups excluding tert-OH is 1. The molecule has 116 valence electrons. The van der Waals surface area contributed by atoms with Crippen LogP contribution < -0.4 is 11.1 Å². The summed E-state index contributed by atoms with van der Waals surface area (Å²) in [6.07, 6.45) is 0. The van der Waals surface area contributed by atoms with Gasteiger partial charge in [0.2, 0.25) is 0 Å². The fourth-order valence-electron chi connectivity index (χ4n) is 2.09. The fourth-order valence-corrected chi connectivity index (χ4v) is 2.64. The molecule has 0 spiro atoms. The molecule has 0 aromatic heterocycles. The summed E-state index contributed by atoms with van der Waals surface area (Å²) in [4.78, 5) is 12.4. The Labute approximate surface area is 142 Å². The van der Waals surface area contributed by atoms with Crippen molar-refractivity contribution in [3.63, 3.8) is 0 Å². The molecule has 4 nitrogen and oxygen atoms in total. The average molecular weight is 384 g/mol. The van der Waals surface area contributed by atoms with Crippen molar-refractivity contribution in [3.8, 4) is 0 Å². The third-order valence-corrected chi connectivity index (χ3v) is 4.53. The third-order valence-electron chi connectivity index (χ3n) is 3.43. The first-order valence-electron chi connectivity index (χ1n) is 6.65. The maximum Gasteiger partial charge on any atom is 0.253 e. The number of halogens is 2. The van der Waals surface area contributed by atoms with Gasteiger partial charge in [-0.2, -0.15) is 0 Å². The third kappa shape index (κ3) is 3.61. The van der Waals surface area contributed by atoms with Gasteiger partial charge < -0.3 is 16.2 Å². The zero-order valence-electron chi connectivity index (χ0n) is 11.9. The summed E-state index contributed by atoms with van der Waals surface area (Å²) >= 11 is 9.32. The molecule has 2 aromatic rings. The number of anilines is 1.